The standard InChI is InChI=1S/C20H28O2/c1-3-20(22)11-9-18-17-6-4-13-12-14(21)5-7-15(13)16(17)8-10-19(18,20)2/h3,12,15-18,22H,1,4-11H2,2H3/t15-,16?,17?,18?,19-,20-/m0/s1. The summed E-state index contributed by atoms with van der Waals surface area (Å²) in [5, 5.41) is 11.0. The van der Waals surface area contributed by atoms with Crippen molar-refractivity contribution in [2.45, 2.75) is 63.9 Å². The van der Waals surface area contributed by atoms with E-state index >= 15 is 0 Å². The number of carbonyl (C=O) groups is 1. The fourth-order valence-corrected chi connectivity index (χ4v) is 6.57. The number of aliphatic hydroxyl groups is 1. The number of fused-ring (bicyclic) bond motifs is 5. The molecule has 0 heterocycles. The normalized spacial score (nSPS) is 50.6. The SMILES string of the molecule is C=C[C@]1(O)CCC2C3CCC4=CC(=O)CC[C@@H]4C3CC[C@@]21C. The van der Waals surface area contributed by atoms with Gasteiger partial charge in [0.2, 0.25) is 0 Å². The monoisotopic (exact) mass is 300 g/mol. The molecule has 0 aromatic rings. The summed E-state index contributed by atoms with van der Waals surface area (Å²) >= 11 is 0. The van der Waals surface area contributed by atoms with Gasteiger partial charge in [0.1, 0.15) is 0 Å². The topological polar surface area (TPSA) is 37.3 Å². The molecule has 1 N–H and O–H groups in total. The molecule has 2 nitrogen and oxygen atoms in total. The Hall–Kier alpha value is -0.890. The van der Waals surface area contributed by atoms with E-state index in [-0.39, 0.29) is 5.41 Å². The summed E-state index contributed by atoms with van der Waals surface area (Å²) in [5.74, 6) is 3.11. The van der Waals surface area contributed by atoms with E-state index in [0.717, 1.165) is 50.4 Å². The number of hydrogen-bond donors (Lipinski definition) is 1. The molecule has 0 spiro atoms. The third kappa shape index (κ3) is 1.79. The predicted octanol–water partition coefficient (Wildman–Crippen LogP) is 4.05. The van der Waals surface area contributed by atoms with E-state index in [1.807, 2.05) is 12.2 Å². The molecule has 0 saturated heterocycles. The molecule has 6 atom stereocenters. The summed E-state index contributed by atoms with van der Waals surface area (Å²) in [6.45, 7) is 6.24. The first kappa shape index (κ1) is 14.7. The first-order valence-electron chi connectivity index (χ1n) is 9.08. The van der Waals surface area contributed by atoms with E-state index in [1.165, 1.54) is 18.4 Å². The maximum absolute atomic E-state index is 11.7. The van der Waals surface area contributed by atoms with Gasteiger partial charge in [-0.05, 0) is 74.7 Å². The van der Waals surface area contributed by atoms with Gasteiger partial charge in [0.05, 0.1) is 5.60 Å². The van der Waals surface area contributed by atoms with Crippen LogP contribution in [0.2, 0.25) is 0 Å². The van der Waals surface area contributed by atoms with Crippen LogP contribution in [0.4, 0.5) is 0 Å². The molecule has 0 aliphatic heterocycles. The van der Waals surface area contributed by atoms with Crippen molar-refractivity contribution in [3.8, 4) is 0 Å². The number of hydrogen-bond acceptors (Lipinski definition) is 2. The molecule has 0 bridgehead atoms. The highest BCUT2D eigenvalue weighted by atomic mass is 16.3. The maximum atomic E-state index is 11.7. The molecule has 0 amide bonds. The average Bonchev–Trinajstić information content (AvgIpc) is 2.79. The molecule has 22 heavy (non-hydrogen) atoms. The fourth-order valence-electron chi connectivity index (χ4n) is 6.57. The van der Waals surface area contributed by atoms with Gasteiger partial charge in [-0.15, -0.1) is 6.58 Å². The number of carbonyl (C=O) groups excluding carboxylic acids is 1. The Balaban J connectivity index is 1.65. The predicted molar refractivity (Wildman–Crippen MR) is 87.2 cm³/mol. The zero-order valence-electron chi connectivity index (χ0n) is 13.7. The first-order valence-corrected chi connectivity index (χ1v) is 9.08. The van der Waals surface area contributed by atoms with Crippen LogP contribution in [0, 0.1) is 29.1 Å². The number of rotatable bonds is 1. The average molecular weight is 300 g/mol. The zero-order chi connectivity index (χ0) is 15.5. The largest absolute Gasteiger partial charge is 0.385 e. The second kappa shape index (κ2) is 4.80. The van der Waals surface area contributed by atoms with Crippen LogP contribution in [0.5, 0.6) is 0 Å². The Morgan fingerprint density at radius 2 is 2.00 bits per heavy atom. The molecule has 3 unspecified atom stereocenters. The number of allylic oxidation sites excluding steroid dienone is 1. The highest BCUT2D eigenvalue weighted by molar-refractivity contribution is 5.91. The van der Waals surface area contributed by atoms with Crippen molar-refractivity contribution in [1.82, 2.24) is 0 Å². The van der Waals surface area contributed by atoms with E-state index in [0.29, 0.717) is 17.6 Å². The van der Waals surface area contributed by atoms with E-state index in [4.69, 9.17) is 0 Å². The van der Waals surface area contributed by atoms with Crippen molar-refractivity contribution in [1.29, 1.82) is 0 Å². The zero-order valence-corrected chi connectivity index (χ0v) is 13.7. The number of ketones is 1. The van der Waals surface area contributed by atoms with Gasteiger partial charge in [-0.2, -0.15) is 0 Å². The molecular weight excluding hydrogens is 272 g/mol. The van der Waals surface area contributed by atoms with E-state index in [1.54, 1.807) is 0 Å². The molecule has 0 radical (unpaired) electrons. The minimum atomic E-state index is -0.665. The van der Waals surface area contributed by atoms with Gasteiger partial charge < -0.3 is 5.11 Å². The lowest BCUT2D eigenvalue weighted by Gasteiger charge is -2.55. The molecular formula is C20H28O2. The highest BCUT2D eigenvalue weighted by Crippen LogP contribution is 2.65. The Morgan fingerprint density at radius 3 is 2.77 bits per heavy atom. The van der Waals surface area contributed by atoms with E-state index < -0.39 is 5.60 Å². The second-order valence-corrected chi connectivity index (χ2v) is 8.43. The van der Waals surface area contributed by atoms with Crippen LogP contribution in [0.15, 0.2) is 24.3 Å². The van der Waals surface area contributed by atoms with E-state index in [9.17, 15) is 9.90 Å². The highest BCUT2D eigenvalue weighted by Gasteiger charge is 2.61. The summed E-state index contributed by atoms with van der Waals surface area (Å²) in [7, 11) is 0. The molecule has 0 aromatic heterocycles. The van der Waals surface area contributed by atoms with Gasteiger partial charge in [-0.3, -0.25) is 4.79 Å². The summed E-state index contributed by atoms with van der Waals surface area (Å²) in [6.07, 6.45) is 12.3. The van der Waals surface area contributed by atoms with Crippen LogP contribution >= 0.6 is 0 Å². The van der Waals surface area contributed by atoms with Gasteiger partial charge in [0.15, 0.2) is 5.78 Å². The lowest BCUT2D eigenvalue weighted by atomic mass is 9.50. The van der Waals surface area contributed by atoms with Crippen molar-refractivity contribution in [2.24, 2.45) is 29.1 Å². The van der Waals surface area contributed by atoms with Gasteiger partial charge in [0.25, 0.3) is 0 Å². The summed E-state index contributed by atoms with van der Waals surface area (Å²) in [5.41, 5.74) is 0.793. The lowest BCUT2D eigenvalue weighted by molar-refractivity contribution is -0.116. The molecule has 4 aliphatic rings. The third-order valence-corrected chi connectivity index (χ3v) is 7.85. The molecule has 4 aliphatic carbocycles. The van der Waals surface area contributed by atoms with Gasteiger partial charge >= 0.3 is 0 Å². The van der Waals surface area contributed by atoms with Crippen molar-refractivity contribution in [3.05, 3.63) is 24.3 Å². The van der Waals surface area contributed by atoms with Gasteiger partial charge in [-0.1, -0.05) is 18.6 Å². The Labute approximate surface area is 133 Å². The molecule has 4 rings (SSSR count). The minimum absolute atomic E-state index is 0.0155. The fraction of sp³-hybridized carbons (Fsp3) is 0.750. The third-order valence-electron chi connectivity index (χ3n) is 7.85. The van der Waals surface area contributed by atoms with Crippen LogP contribution in [0.1, 0.15) is 58.3 Å². The van der Waals surface area contributed by atoms with Crippen LogP contribution < -0.4 is 0 Å². The quantitative estimate of drug-likeness (QED) is 0.742. The minimum Gasteiger partial charge on any atom is -0.385 e. The summed E-state index contributed by atoms with van der Waals surface area (Å²) in [6, 6.07) is 0. The Bertz CT molecular complexity index is 548. The smallest absolute Gasteiger partial charge is 0.155 e. The van der Waals surface area contributed by atoms with Crippen LogP contribution in [-0.4, -0.2) is 16.5 Å². The Morgan fingerprint density at radius 1 is 1.18 bits per heavy atom. The summed E-state index contributed by atoms with van der Waals surface area (Å²) < 4.78 is 0. The lowest BCUT2D eigenvalue weighted by Crippen LogP contribution is -2.51. The molecule has 3 saturated carbocycles. The van der Waals surface area contributed by atoms with Crippen molar-refractivity contribution in [2.75, 3.05) is 0 Å². The van der Waals surface area contributed by atoms with Crippen LogP contribution in [0.3, 0.4) is 0 Å². The van der Waals surface area contributed by atoms with Gasteiger partial charge in [0, 0.05) is 11.8 Å². The molecule has 2 heteroatoms. The van der Waals surface area contributed by atoms with Gasteiger partial charge in [-0.25, -0.2) is 0 Å². The van der Waals surface area contributed by atoms with E-state index in [2.05, 4.69) is 13.5 Å². The van der Waals surface area contributed by atoms with Crippen molar-refractivity contribution in [3.63, 3.8) is 0 Å². The van der Waals surface area contributed by atoms with Crippen molar-refractivity contribution < 1.29 is 9.90 Å². The second-order valence-electron chi connectivity index (χ2n) is 8.43. The van der Waals surface area contributed by atoms with Crippen molar-refractivity contribution >= 4 is 5.78 Å². The molecule has 0 aromatic carbocycles. The first-order chi connectivity index (χ1) is 10.5. The van der Waals surface area contributed by atoms with Crippen LogP contribution in [0.25, 0.3) is 0 Å². The maximum Gasteiger partial charge on any atom is 0.155 e. The van der Waals surface area contributed by atoms with Crippen LogP contribution in [-0.2, 0) is 4.79 Å². The summed E-state index contributed by atoms with van der Waals surface area (Å²) in [4.78, 5) is 11.7. The molecule has 3 fully saturated rings. The Kier molecular flexibility index (Phi) is 3.21. The molecule has 120 valence electrons.